The van der Waals surface area contributed by atoms with Gasteiger partial charge >= 0.3 is 0 Å². The van der Waals surface area contributed by atoms with Gasteiger partial charge in [-0.05, 0) is 76.6 Å². The van der Waals surface area contributed by atoms with Crippen molar-refractivity contribution >= 4 is 15.9 Å². The fourth-order valence-corrected chi connectivity index (χ4v) is 4.00. The van der Waals surface area contributed by atoms with Crippen LogP contribution in [0, 0.1) is 5.92 Å². The number of halogens is 1. The largest absolute Gasteiger partial charge is 0.496 e. The number of piperidine rings is 1. The van der Waals surface area contributed by atoms with E-state index < -0.39 is 0 Å². The Balaban J connectivity index is 1.45. The predicted molar refractivity (Wildman–Crippen MR) is 111 cm³/mol. The number of ether oxygens (including phenoxy) is 1. The van der Waals surface area contributed by atoms with Crippen molar-refractivity contribution in [1.29, 1.82) is 0 Å². The van der Waals surface area contributed by atoms with Gasteiger partial charge < -0.3 is 10.1 Å². The van der Waals surface area contributed by atoms with E-state index in [9.17, 15) is 0 Å². The second-order valence-corrected chi connectivity index (χ2v) is 8.20. The summed E-state index contributed by atoms with van der Waals surface area (Å²) in [6.45, 7) is 7.65. The van der Waals surface area contributed by atoms with Gasteiger partial charge in [-0.2, -0.15) is 0 Å². The molecule has 0 aromatic heterocycles. The normalized spacial score (nSPS) is 16.0. The fourth-order valence-electron chi connectivity index (χ4n) is 3.41. The highest BCUT2D eigenvalue weighted by molar-refractivity contribution is 9.10. The lowest BCUT2D eigenvalue weighted by Crippen LogP contribution is -2.32. The summed E-state index contributed by atoms with van der Waals surface area (Å²) in [5, 5.41) is 3.52. The van der Waals surface area contributed by atoms with Crippen molar-refractivity contribution in [2.75, 3.05) is 20.2 Å². The minimum atomic E-state index is 0.844. The van der Waals surface area contributed by atoms with Crippen LogP contribution in [0.5, 0.6) is 5.75 Å². The van der Waals surface area contributed by atoms with E-state index in [1.54, 1.807) is 7.11 Å². The van der Waals surface area contributed by atoms with Crippen LogP contribution in [0.25, 0.3) is 0 Å². The Morgan fingerprint density at radius 3 is 2.27 bits per heavy atom. The third-order valence-electron chi connectivity index (χ3n) is 5.18. The molecule has 1 N–H and O–H groups in total. The van der Waals surface area contributed by atoms with E-state index in [1.165, 1.54) is 42.6 Å². The Kier molecular flexibility index (Phi) is 7.12. The van der Waals surface area contributed by atoms with Crippen molar-refractivity contribution in [3.63, 3.8) is 0 Å². The molecule has 4 heteroatoms. The summed E-state index contributed by atoms with van der Waals surface area (Å²) in [6.07, 6.45) is 2.67. The number of hydrogen-bond donors (Lipinski definition) is 1. The van der Waals surface area contributed by atoms with E-state index in [4.69, 9.17) is 4.74 Å². The fraction of sp³-hybridized carbons (Fsp3) is 0.455. The summed E-state index contributed by atoms with van der Waals surface area (Å²) in [5.41, 5.74) is 3.99. The van der Waals surface area contributed by atoms with Gasteiger partial charge in [0.1, 0.15) is 5.75 Å². The standard InChI is InChI=1S/C22H29BrN2O/c1-17-9-11-25(12-10-17)16-19-5-3-18(4-6-19)14-24-15-20-7-8-22(26-2)21(23)13-20/h3-8,13,17,24H,9-12,14-16H2,1-2H3. The van der Waals surface area contributed by atoms with Gasteiger partial charge in [-0.3, -0.25) is 4.90 Å². The molecule has 2 aromatic rings. The molecular formula is C22H29BrN2O. The van der Waals surface area contributed by atoms with Crippen molar-refractivity contribution in [1.82, 2.24) is 10.2 Å². The SMILES string of the molecule is COc1ccc(CNCc2ccc(CN3CCC(C)CC3)cc2)cc1Br. The van der Waals surface area contributed by atoms with Gasteiger partial charge in [0.05, 0.1) is 11.6 Å². The van der Waals surface area contributed by atoms with Gasteiger partial charge in [0.2, 0.25) is 0 Å². The average Bonchev–Trinajstić information content (AvgIpc) is 2.65. The first-order valence-corrected chi connectivity index (χ1v) is 10.3. The summed E-state index contributed by atoms with van der Waals surface area (Å²) >= 11 is 3.54. The highest BCUT2D eigenvalue weighted by Crippen LogP contribution is 2.25. The van der Waals surface area contributed by atoms with Crippen LogP contribution >= 0.6 is 15.9 Å². The first kappa shape index (κ1) is 19.4. The molecule has 1 fully saturated rings. The van der Waals surface area contributed by atoms with E-state index in [-0.39, 0.29) is 0 Å². The van der Waals surface area contributed by atoms with Crippen LogP contribution in [0.4, 0.5) is 0 Å². The maximum atomic E-state index is 5.27. The molecule has 0 bridgehead atoms. The molecule has 0 unspecified atom stereocenters. The first-order chi connectivity index (χ1) is 12.6. The first-order valence-electron chi connectivity index (χ1n) is 9.47. The van der Waals surface area contributed by atoms with Gasteiger partial charge in [0, 0.05) is 19.6 Å². The lowest BCUT2D eigenvalue weighted by Gasteiger charge is -2.30. The summed E-state index contributed by atoms with van der Waals surface area (Å²) in [6, 6.07) is 15.3. The molecule has 1 aliphatic rings. The lowest BCUT2D eigenvalue weighted by molar-refractivity contribution is 0.185. The minimum absolute atomic E-state index is 0.844. The Labute approximate surface area is 165 Å². The molecule has 140 valence electrons. The minimum Gasteiger partial charge on any atom is -0.496 e. The van der Waals surface area contributed by atoms with Crippen LogP contribution < -0.4 is 10.1 Å². The quantitative estimate of drug-likeness (QED) is 0.688. The van der Waals surface area contributed by atoms with Gasteiger partial charge in [-0.25, -0.2) is 0 Å². The Hall–Kier alpha value is -1.36. The number of nitrogens with zero attached hydrogens (tertiary/aromatic N) is 1. The molecule has 0 amide bonds. The highest BCUT2D eigenvalue weighted by atomic mass is 79.9. The van der Waals surface area contributed by atoms with Crippen molar-refractivity contribution in [3.8, 4) is 5.75 Å². The van der Waals surface area contributed by atoms with Crippen LogP contribution in [0.1, 0.15) is 36.5 Å². The molecule has 2 aromatic carbocycles. The predicted octanol–water partition coefficient (Wildman–Crippen LogP) is 4.98. The molecule has 0 saturated carbocycles. The number of rotatable bonds is 7. The zero-order valence-electron chi connectivity index (χ0n) is 15.8. The highest BCUT2D eigenvalue weighted by Gasteiger charge is 2.15. The second-order valence-electron chi connectivity index (χ2n) is 7.35. The zero-order valence-corrected chi connectivity index (χ0v) is 17.4. The van der Waals surface area contributed by atoms with Crippen LogP contribution in [0.3, 0.4) is 0 Å². The molecule has 0 atom stereocenters. The van der Waals surface area contributed by atoms with Gasteiger partial charge in [-0.15, -0.1) is 0 Å². The van der Waals surface area contributed by atoms with Crippen LogP contribution in [0.2, 0.25) is 0 Å². The van der Waals surface area contributed by atoms with E-state index in [0.717, 1.165) is 35.8 Å². The Morgan fingerprint density at radius 2 is 1.62 bits per heavy atom. The topological polar surface area (TPSA) is 24.5 Å². The summed E-state index contributed by atoms with van der Waals surface area (Å²) < 4.78 is 6.27. The second kappa shape index (κ2) is 9.54. The van der Waals surface area contributed by atoms with E-state index >= 15 is 0 Å². The summed E-state index contributed by atoms with van der Waals surface area (Å²) in [7, 11) is 1.69. The molecule has 0 radical (unpaired) electrons. The average molecular weight is 417 g/mol. The third kappa shape index (κ3) is 5.57. The molecule has 3 nitrogen and oxygen atoms in total. The molecule has 26 heavy (non-hydrogen) atoms. The van der Waals surface area contributed by atoms with Crippen molar-refractivity contribution in [2.45, 2.75) is 39.4 Å². The monoisotopic (exact) mass is 416 g/mol. The van der Waals surface area contributed by atoms with Crippen LogP contribution in [0.15, 0.2) is 46.9 Å². The number of likely N-dealkylation sites (tertiary alicyclic amines) is 1. The molecule has 1 saturated heterocycles. The third-order valence-corrected chi connectivity index (χ3v) is 5.80. The van der Waals surface area contributed by atoms with Crippen molar-refractivity contribution in [3.05, 3.63) is 63.6 Å². The molecular weight excluding hydrogens is 388 g/mol. The number of methoxy groups -OCH3 is 1. The van der Waals surface area contributed by atoms with E-state index in [0.29, 0.717) is 0 Å². The number of benzene rings is 2. The Bertz CT molecular complexity index is 694. The number of hydrogen-bond acceptors (Lipinski definition) is 3. The summed E-state index contributed by atoms with van der Waals surface area (Å²) in [4.78, 5) is 2.58. The smallest absolute Gasteiger partial charge is 0.133 e. The van der Waals surface area contributed by atoms with Crippen LogP contribution in [-0.2, 0) is 19.6 Å². The maximum Gasteiger partial charge on any atom is 0.133 e. The van der Waals surface area contributed by atoms with Gasteiger partial charge in [-0.1, -0.05) is 37.3 Å². The molecule has 1 aliphatic heterocycles. The van der Waals surface area contributed by atoms with E-state index in [1.807, 2.05) is 6.07 Å². The van der Waals surface area contributed by atoms with Crippen molar-refractivity contribution < 1.29 is 4.74 Å². The Morgan fingerprint density at radius 1 is 1.00 bits per heavy atom. The molecule has 0 spiro atoms. The van der Waals surface area contributed by atoms with Crippen molar-refractivity contribution in [2.24, 2.45) is 5.92 Å². The summed E-state index contributed by atoms with van der Waals surface area (Å²) in [5.74, 6) is 1.76. The van der Waals surface area contributed by atoms with E-state index in [2.05, 4.69) is 69.5 Å². The zero-order chi connectivity index (χ0) is 18.4. The molecule has 1 heterocycles. The lowest BCUT2D eigenvalue weighted by atomic mass is 9.99. The van der Waals surface area contributed by atoms with Crippen LogP contribution in [-0.4, -0.2) is 25.1 Å². The maximum absolute atomic E-state index is 5.27. The van der Waals surface area contributed by atoms with Gasteiger partial charge in [0.15, 0.2) is 0 Å². The molecule has 0 aliphatic carbocycles. The number of nitrogens with one attached hydrogen (secondary N) is 1. The molecule has 3 rings (SSSR count). The van der Waals surface area contributed by atoms with Gasteiger partial charge in [0.25, 0.3) is 0 Å².